The third-order valence-electron chi connectivity index (χ3n) is 7.09. The molecule has 0 radical (unpaired) electrons. The fourth-order valence-electron chi connectivity index (χ4n) is 4.66. The van der Waals surface area contributed by atoms with E-state index in [4.69, 9.17) is 9.98 Å². The molecule has 4 rings (SSSR count). The predicted molar refractivity (Wildman–Crippen MR) is 169 cm³/mol. The summed E-state index contributed by atoms with van der Waals surface area (Å²) in [6.45, 7) is 9.26. The summed E-state index contributed by atoms with van der Waals surface area (Å²) in [5.41, 5.74) is 4.87. The monoisotopic (exact) mass is 556 g/mol. The van der Waals surface area contributed by atoms with E-state index in [9.17, 15) is 0 Å². The Bertz CT molecular complexity index is 1000. The molecular weight excluding hydrogens is 517 g/mol. The van der Waals surface area contributed by atoms with Crippen molar-refractivity contribution < 1.29 is 0 Å². The van der Waals surface area contributed by atoms with E-state index in [2.05, 4.69) is 62.7 Å². The minimum atomic E-state index is 0.748. The summed E-state index contributed by atoms with van der Waals surface area (Å²) in [5.74, 6) is 3.77. The molecule has 0 aromatic carbocycles. The van der Waals surface area contributed by atoms with Gasteiger partial charge >= 0.3 is 0 Å². The van der Waals surface area contributed by atoms with Gasteiger partial charge in [-0.05, 0) is 47.6 Å². The van der Waals surface area contributed by atoms with Crippen molar-refractivity contribution in [2.45, 2.75) is 79.1 Å². The van der Waals surface area contributed by atoms with E-state index >= 15 is 0 Å². The van der Waals surface area contributed by atoms with Gasteiger partial charge in [0.15, 0.2) is 0 Å². The number of aliphatic imine (C=N–C) groups is 2. The molecule has 0 amide bonds. The number of nitrogens with zero attached hydrogens (tertiary/aromatic N) is 2. The van der Waals surface area contributed by atoms with Crippen molar-refractivity contribution in [1.29, 1.82) is 0 Å². The maximum Gasteiger partial charge on any atom is 0.107 e. The van der Waals surface area contributed by atoms with Crippen LogP contribution in [-0.4, -0.2) is 21.6 Å². The summed E-state index contributed by atoms with van der Waals surface area (Å²) < 4.78 is 0. The smallest absolute Gasteiger partial charge is 0.107 e. The first-order chi connectivity index (χ1) is 17.7. The Morgan fingerprint density at radius 3 is 1.47 bits per heavy atom. The number of thioether (sulfide) groups is 2. The zero-order chi connectivity index (χ0) is 25.3. The number of rotatable bonds is 14. The van der Waals surface area contributed by atoms with Gasteiger partial charge in [0.1, 0.15) is 10.1 Å². The van der Waals surface area contributed by atoms with Crippen molar-refractivity contribution in [2.75, 3.05) is 11.5 Å². The van der Waals surface area contributed by atoms with E-state index in [1.165, 1.54) is 82.4 Å². The van der Waals surface area contributed by atoms with Crippen molar-refractivity contribution in [2.24, 2.45) is 21.8 Å². The molecule has 0 bridgehead atoms. The quantitative estimate of drug-likeness (QED) is 0.231. The van der Waals surface area contributed by atoms with Gasteiger partial charge in [-0.2, -0.15) is 0 Å². The van der Waals surface area contributed by atoms with Crippen molar-refractivity contribution in [3.8, 4) is 0 Å². The van der Waals surface area contributed by atoms with Crippen molar-refractivity contribution in [3.05, 3.63) is 55.9 Å². The Hall–Kier alpha value is -1.08. The van der Waals surface area contributed by atoms with Gasteiger partial charge in [-0.1, -0.05) is 78.4 Å². The van der Waals surface area contributed by atoms with Gasteiger partial charge in [0.25, 0.3) is 0 Å². The van der Waals surface area contributed by atoms with Gasteiger partial charge < -0.3 is 0 Å². The van der Waals surface area contributed by atoms with Crippen LogP contribution in [0.4, 0.5) is 0 Å². The average molecular weight is 557 g/mol. The van der Waals surface area contributed by atoms with E-state index in [0.717, 1.165) is 34.7 Å². The van der Waals surface area contributed by atoms with E-state index in [-0.39, 0.29) is 0 Å². The summed E-state index contributed by atoms with van der Waals surface area (Å²) >= 11 is 7.52. The molecule has 0 N–H and O–H groups in total. The Kier molecular flexibility index (Phi) is 11.0. The van der Waals surface area contributed by atoms with Crippen LogP contribution >= 0.6 is 46.2 Å². The second-order valence-corrected chi connectivity index (χ2v) is 13.6. The molecule has 36 heavy (non-hydrogen) atoms. The van der Waals surface area contributed by atoms with Crippen LogP contribution in [0.15, 0.2) is 56.2 Å². The highest BCUT2D eigenvalue weighted by Gasteiger charge is 2.37. The topological polar surface area (TPSA) is 24.7 Å². The molecule has 2 aromatic heterocycles. The zero-order valence-electron chi connectivity index (χ0n) is 22.2. The first-order valence-corrected chi connectivity index (χ1v) is 17.4. The van der Waals surface area contributed by atoms with Gasteiger partial charge in [-0.25, -0.2) is 9.98 Å². The van der Waals surface area contributed by atoms with Crippen LogP contribution in [0.3, 0.4) is 0 Å². The number of hydrogen-bond acceptors (Lipinski definition) is 6. The molecule has 2 nitrogen and oxygen atoms in total. The van der Waals surface area contributed by atoms with Gasteiger partial charge in [-0.3, -0.25) is 0 Å². The molecule has 2 aliphatic heterocycles. The fraction of sp³-hybridized carbons (Fsp3) is 0.533. The lowest BCUT2D eigenvalue weighted by Crippen LogP contribution is -2.08. The lowest BCUT2D eigenvalue weighted by Gasteiger charge is -2.15. The molecule has 0 fully saturated rings. The maximum atomic E-state index is 5.33. The largest absolute Gasteiger partial charge is 0.239 e. The molecule has 2 atom stereocenters. The molecule has 0 spiro atoms. The van der Waals surface area contributed by atoms with Gasteiger partial charge in [0.2, 0.25) is 0 Å². The van der Waals surface area contributed by atoms with Crippen LogP contribution in [0.25, 0.3) is 11.4 Å². The summed E-state index contributed by atoms with van der Waals surface area (Å²) in [6, 6.07) is 8.73. The standard InChI is InChI=1S/C30H40N2S4/c1-5-9-13-21(7-3)19-35-29-25-26(28(31-29)24-16-12-18-34-24)30(32-27(25)23-15-11-17-33-23)36-20-22(8-4)14-10-6-2/h11-12,15-18,21-22H,5-10,13-14,19-20H2,1-4H3. The Balaban J connectivity index is 1.65. The third-order valence-corrected chi connectivity index (χ3v) is 11.3. The van der Waals surface area contributed by atoms with Gasteiger partial charge in [-0.15, -0.1) is 46.2 Å². The Morgan fingerprint density at radius 1 is 0.694 bits per heavy atom. The molecule has 6 heteroatoms. The summed E-state index contributed by atoms with van der Waals surface area (Å²) in [4.78, 5) is 13.2. The van der Waals surface area contributed by atoms with Crippen LogP contribution in [0, 0.1) is 11.8 Å². The van der Waals surface area contributed by atoms with Crippen LogP contribution < -0.4 is 0 Å². The van der Waals surface area contributed by atoms with Crippen molar-refractivity contribution in [3.63, 3.8) is 0 Å². The number of hydrogen-bond donors (Lipinski definition) is 0. The molecule has 4 heterocycles. The Labute approximate surface area is 234 Å². The minimum Gasteiger partial charge on any atom is -0.239 e. The number of thiophene rings is 2. The van der Waals surface area contributed by atoms with Gasteiger partial charge in [0, 0.05) is 22.7 Å². The molecular formula is C30H40N2S4. The molecule has 194 valence electrons. The lowest BCUT2D eigenvalue weighted by molar-refractivity contribution is 0.500. The van der Waals surface area contributed by atoms with E-state index in [1.807, 2.05) is 23.5 Å². The summed E-state index contributed by atoms with van der Waals surface area (Å²) in [7, 11) is 0. The van der Waals surface area contributed by atoms with E-state index < -0.39 is 0 Å². The van der Waals surface area contributed by atoms with Crippen molar-refractivity contribution in [1.82, 2.24) is 0 Å². The van der Waals surface area contributed by atoms with Crippen LogP contribution in [-0.2, 0) is 0 Å². The number of unbranched alkanes of at least 4 members (excludes halogenated alkanes) is 2. The first kappa shape index (κ1) is 27.9. The second-order valence-electron chi connectivity index (χ2n) is 9.69. The van der Waals surface area contributed by atoms with Gasteiger partial charge in [0.05, 0.1) is 21.1 Å². The van der Waals surface area contributed by atoms with E-state index in [1.54, 1.807) is 22.7 Å². The van der Waals surface area contributed by atoms with Crippen LogP contribution in [0.5, 0.6) is 0 Å². The predicted octanol–water partition coefficient (Wildman–Crippen LogP) is 10.7. The molecule has 2 aliphatic rings. The highest BCUT2D eigenvalue weighted by Crippen LogP contribution is 2.49. The van der Waals surface area contributed by atoms with Crippen LogP contribution in [0.2, 0.25) is 0 Å². The zero-order valence-corrected chi connectivity index (χ0v) is 25.5. The Morgan fingerprint density at radius 2 is 1.14 bits per heavy atom. The first-order valence-electron chi connectivity index (χ1n) is 13.7. The molecule has 0 aliphatic carbocycles. The number of fused-ring (bicyclic) bond motifs is 1. The third kappa shape index (κ3) is 6.67. The minimum absolute atomic E-state index is 0.748. The highest BCUT2D eigenvalue weighted by molar-refractivity contribution is 8.15. The average Bonchev–Trinajstić information content (AvgIpc) is 3.70. The second kappa shape index (κ2) is 14.2. The summed E-state index contributed by atoms with van der Waals surface area (Å²) in [5, 5.41) is 6.71. The normalized spacial score (nSPS) is 17.0. The van der Waals surface area contributed by atoms with E-state index in [0.29, 0.717) is 0 Å². The highest BCUT2D eigenvalue weighted by atomic mass is 32.2. The SMILES string of the molecule is CCCCC(CC)CSC1=NC(c2cccs2)=C2C(SCC(CC)CCCC)=NC(c3cccs3)=C12. The summed E-state index contributed by atoms with van der Waals surface area (Å²) in [6.07, 6.45) is 10.3. The van der Waals surface area contributed by atoms with Crippen LogP contribution in [0.1, 0.15) is 88.8 Å². The lowest BCUT2D eigenvalue weighted by atomic mass is 10.0. The molecule has 2 aromatic rings. The molecule has 0 saturated heterocycles. The fourth-order valence-corrected chi connectivity index (χ4v) is 8.69. The molecule has 2 unspecified atom stereocenters. The molecule has 0 saturated carbocycles. The van der Waals surface area contributed by atoms with Crippen molar-refractivity contribution >= 4 is 67.7 Å². The maximum absolute atomic E-state index is 5.33.